The maximum Gasteiger partial charge on any atom is 0.269 e. The molecule has 33 heavy (non-hydrogen) atoms. The average Bonchev–Trinajstić information content (AvgIpc) is 3.36. The largest absolute Gasteiger partial charge is 0.385 e. The number of non-ortho nitro benzene ring substituents is 1. The van der Waals surface area contributed by atoms with Gasteiger partial charge in [0.25, 0.3) is 5.69 Å². The number of nitro groups is 1. The van der Waals surface area contributed by atoms with Gasteiger partial charge < -0.3 is 19.9 Å². The molecule has 0 bridgehead atoms. The monoisotopic (exact) mass is 459 g/mol. The molecule has 10 heteroatoms. The Morgan fingerprint density at radius 1 is 1.21 bits per heavy atom. The molecule has 0 radical (unpaired) electrons. The van der Waals surface area contributed by atoms with Crippen LogP contribution in [0.4, 0.5) is 11.4 Å². The van der Waals surface area contributed by atoms with Crippen LogP contribution in [-0.4, -0.2) is 92.1 Å². The Bertz CT molecular complexity index is 888. The lowest BCUT2D eigenvalue weighted by Gasteiger charge is -2.49. The number of nitro benzene ring substituents is 1. The minimum absolute atomic E-state index is 0.0429. The summed E-state index contributed by atoms with van der Waals surface area (Å²) in [6, 6.07) is 4.85. The summed E-state index contributed by atoms with van der Waals surface area (Å²) < 4.78 is 5.06. The number of rotatable bonds is 8. The van der Waals surface area contributed by atoms with E-state index in [1.165, 1.54) is 6.07 Å². The molecule has 3 heterocycles. The Hall–Kier alpha value is -2.72. The Labute approximate surface area is 194 Å². The van der Waals surface area contributed by atoms with E-state index in [4.69, 9.17) is 4.74 Å². The molecule has 3 aliphatic heterocycles. The molecule has 10 nitrogen and oxygen atoms in total. The number of amides is 2. The smallest absolute Gasteiger partial charge is 0.269 e. The van der Waals surface area contributed by atoms with E-state index in [2.05, 4.69) is 15.1 Å². The molecule has 1 aromatic carbocycles. The van der Waals surface area contributed by atoms with Crippen molar-refractivity contribution in [3.8, 4) is 0 Å². The van der Waals surface area contributed by atoms with Gasteiger partial charge in [0.1, 0.15) is 0 Å². The number of hydrogen-bond donors (Lipinski definition) is 1. The molecular formula is C23H33N5O5. The standard InChI is InChI=1S/C23H33N5O5/c1-33-12-4-7-24-23(30)19-14-17-13-18(28(31)32)5-6-20(17)27-11-10-25(15-21(19)27)16-22(29)26-8-2-3-9-26/h5-6,13,19,21H,2-4,7-12,14-16H2,1H3,(H,24,30)/t19-,21-/m0/s1. The molecule has 0 spiro atoms. The third-order valence-electron chi connectivity index (χ3n) is 6.97. The summed E-state index contributed by atoms with van der Waals surface area (Å²) in [4.78, 5) is 43.1. The summed E-state index contributed by atoms with van der Waals surface area (Å²) in [6.07, 6.45) is 3.30. The number of hydrogen-bond acceptors (Lipinski definition) is 7. The van der Waals surface area contributed by atoms with Crippen LogP contribution in [0.2, 0.25) is 0 Å². The fraction of sp³-hybridized carbons (Fsp3) is 0.652. The van der Waals surface area contributed by atoms with Crippen LogP contribution in [0.5, 0.6) is 0 Å². The number of methoxy groups -OCH3 is 1. The quantitative estimate of drug-likeness (QED) is 0.351. The molecule has 0 aromatic heterocycles. The van der Waals surface area contributed by atoms with Gasteiger partial charge in [-0.2, -0.15) is 0 Å². The van der Waals surface area contributed by atoms with E-state index in [1.54, 1.807) is 19.2 Å². The summed E-state index contributed by atoms with van der Waals surface area (Å²) in [6.45, 7) is 5.15. The number of carbonyl (C=O) groups is 2. The first kappa shape index (κ1) is 23.4. The molecular weight excluding hydrogens is 426 g/mol. The van der Waals surface area contributed by atoms with Gasteiger partial charge in [-0.05, 0) is 37.3 Å². The van der Waals surface area contributed by atoms with Crippen molar-refractivity contribution in [1.29, 1.82) is 0 Å². The fourth-order valence-corrected chi connectivity index (χ4v) is 5.24. The van der Waals surface area contributed by atoms with Crippen molar-refractivity contribution >= 4 is 23.2 Å². The average molecular weight is 460 g/mol. The molecule has 3 aliphatic rings. The number of ether oxygens (including phenoxy) is 1. The van der Waals surface area contributed by atoms with Crippen LogP contribution in [-0.2, 0) is 20.7 Å². The highest BCUT2D eigenvalue weighted by Gasteiger charge is 2.42. The predicted octanol–water partition coefficient (Wildman–Crippen LogP) is 1.03. The van der Waals surface area contributed by atoms with E-state index in [1.807, 2.05) is 4.90 Å². The Morgan fingerprint density at radius 3 is 2.73 bits per heavy atom. The van der Waals surface area contributed by atoms with E-state index in [0.717, 1.165) is 43.6 Å². The first-order valence-corrected chi connectivity index (χ1v) is 11.8. The highest BCUT2D eigenvalue weighted by molar-refractivity contribution is 5.82. The van der Waals surface area contributed by atoms with Gasteiger partial charge >= 0.3 is 0 Å². The summed E-state index contributed by atoms with van der Waals surface area (Å²) in [5.41, 5.74) is 1.83. The van der Waals surface area contributed by atoms with Gasteiger partial charge in [-0.3, -0.25) is 24.6 Å². The third-order valence-corrected chi connectivity index (χ3v) is 6.97. The Kier molecular flexibility index (Phi) is 7.44. The van der Waals surface area contributed by atoms with Crippen LogP contribution >= 0.6 is 0 Å². The molecule has 2 saturated heterocycles. The van der Waals surface area contributed by atoms with Gasteiger partial charge in [-0.25, -0.2) is 0 Å². The van der Waals surface area contributed by atoms with E-state index < -0.39 is 4.92 Å². The molecule has 180 valence electrons. The maximum atomic E-state index is 13.2. The zero-order valence-electron chi connectivity index (χ0n) is 19.2. The number of benzene rings is 1. The molecule has 1 aromatic rings. The summed E-state index contributed by atoms with van der Waals surface area (Å²) >= 11 is 0. The second-order valence-corrected chi connectivity index (χ2v) is 9.10. The number of anilines is 1. The highest BCUT2D eigenvalue weighted by atomic mass is 16.6. The van der Waals surface area contributed by atoms with E-state index in [0.29, 0.717) is 45.8 Å². The zero-order chi connectivity index (χ0) is 23.4. The van der Waals surface area contributed by atoms with Gasteiger partial charge in [0.05, 0.1) is 23.4 Å². The van der Waals surface area contributed by atoms with Crippen LogP contribution in [0.3, 0.4) is 0 Å². The summed E-state index contributed by atoms with van der Waals surface area (Å²) in [7, 11) is 1.63. The lowest BCUT2D eigenvalue weighted by Crippen LogP contribution is -2.62. The molecule has 2 fully saturated rings. The van der Waals surface area contributed by atoms with E-state index >= 15 is 0 Å². The molecule has 2 amide bonds. The van der Waals surface area contributed by atoms with Gasteiger partial charge in [-0.1, -0.05) is 0 Å². The number of carbonyl (C=O) groups excluding carboxylic acids is 2. The van der Waals surface area contributed by atoms with Crippen molar-refractivity contribution in [1.82, 2.24) is 15.1 Å². The summed E-state index contributed by atoms with van der Waals surface area (Å²) in [5, 5.41) is 14.3. The normalized spacial score (nSPS) is 22.6. The van der Waals surface area contributed by atoms with Crippen LogP contribution in [0.25, 0.3) is 0 Å². The lowest BCUT2D eigenvalue weighted by molar-refractivity contribution is -0.384. The Balaban J connectivity index is 1.52. The van der Waals surface area contributed by atoms with Crippen molar-refractivity contribution in [2.24, 2.45) is 5.92 Å². The van der Waals surface area contributed by atoms with E-state index in [-0.39, 0.29) is 29.5 Å². The number of nitrogens with one attached hydrogen (secondary N) is 1. The summed E-state index contributed by atoms with van der Waals surface area (Å²) in [5.74, 6) is -0.230. The van der Waals surface area contributed by atoms with Crippen LogP contribution in [0, 0.1) is 16.0 Å². The molecule has 0 aliphatic carbocycles. The molecule has 0 saturated carbocycles. The van der Waals surface area contributed by atoms with Crippen molar-refractivity contribution in [2.45, 2.75) is 31.7 Å². The minimum atomic E-state index is -0.395. The van der Waals surface area contributed by atoms with Crippen molar-refractivity contribution in [3.05, 3.63) is 33.9 Å². The van der Waals surface area contributed by atoms with Gasteiger partial charge in [0.15, 0.2) is 0 Å². The topological polar surface area (TPSA) is 108 Å². The van der Waals surface area contributed by atoms with Gasteiger partial charge in [-0.15, -0.1) is 0 Å². The Morgan fingerprint density at radius 2 is 2.00 bits per heavy atom. The lowest BCUT2D eigenvalue weighted by atomic mass is 9.83. The second kappa shape index (κ2) is 10.5. The van der Waals surface area contributed by atoms with Crippen molar-refractivity contribution < 1.29 is 19.2 Å². The first-order valence-electron chi connectivity index (χ1n) is 11.8. The maximum absolute atomic E-state index is 13.2. The van der Waals surface area contributed by atoms with Crippen LogP contribution in [0.1, 0.15) is 24.8 Å². The number of fused-ring (bicyclic) bond motifs is 3. The van der Waals surface area contributed by atoms with Crippen LogP contribution in [0.15, 0.2) is 18.2 Å². The fourth-order valence-electron chi connectivity index (χ4n) is 5.24. The molecule has 0 unspecified atom stereocenters. The predicted molar refractivity (Wildman–Crippen MR) is 123 cm³/mol. The number of piperazine rings is 1. The number of nitrogens with zero attached hydrogens (tertiary/aromatic N) is 4. The molecule has 4 rings (SSSR count). The SMILES string of the molecule is COCCCNC(=O)[C@H]1Cc2cc([N+](=O)[O-])ccc2N2CCN(CC(=O)N3CCCC3)C[C@@H]12. The van der Waals surface area contributed by atoms with Gasteiger partial charge in [0, 0.05) is 70.8 Å². The van der Waals surface area contributed by atoms with Crippen molar-refractivity contribution in [3.63, 3.8) is 0 Å². The number of likely N-dealkylation sites (tertiary alicyclic amines) is 1. The van der Waals surface area contributed by atoms with Crippen molar-refractivity contribution in [2.75, 3.05) is 64.4 Å². The van der Waals surface area contributed by atoms with Gasteiger partial charge in [0.2, 0.25) is 11.8 Å². The molecule has 1 N–H and O–H groups in total. The van der Waals surface area contributed by atoms with E-state index in [9.17, 15) is 19.7 Å². The molecule has 2 atom stereocenters. The first-order chi connectivity index (χ1) is 16.0. The third kappa shape index (κ3) is 5.27. The van der Waals surface area contributed by atoms with Crippen LogP contribution < -0.4 is 10.2 Å². The second-order valence-electron chi connectivity index (χ2n) is 9.10. The minimum Gasteiger partial charge on any atom is -0.385 e. The highest BCUT2D eigenvalue weighted by Crippen LogP contribution is 2.38. The zero-order valence-corrected chi connectivity index (χ0v) is 19.2.